The molecule has 1 aliphatic rings. The number of nitrogens with zero attached hydrogens (tertiary/aromatic N) is 1. The zero-order valence-corrected chi connectivity index (χ0v) is 15.7. The molecular weight excluding hydrogens is 360 g/mol. The zero-order valence-electron chi connectivity index (χ0n) is 15.0. The average Bonchev–Trinajstić information content (AvgIpc) is 2.94. The Morgan fingerprint density at radius 2 is 1.77 bits per heavy atom. The summed E-state index contributed by atoms with van der Waals surface area (Å²) in [7, 11) is 0. The summed E-state index contributed by atoms with van der Waals surface area (Å²) in [6, 6.07) is 2.43. The quantitative estimate of drug-likeness (QED) is 0.694. The van der Waals surface area contributed by atoms with E-state index in [1.165, 1.54) is 12.3 Å². The smallest absolute Gasteiger partial charge is 0.407 e. The van der Waals surface area contributed by atoms with Crippen LogP contribution in [0.1, 0.15) is 40.0 Å². The molecule has 0 aromatic carbocycles. The second-order valence-corrected chi connectivity index (χ2v) is 7.52. The highest BCUT2D eigenvalue weighted by Gasteiger charge is 2.32. The van der Waals surface area contributed by atoms with E-state index in [0.29, 0.717) is 17.9 Å². The number of aromatic nitrogens is 1. The fourth-order valence-corrected chi connectivity index (χ4v) is 2.73. The fraction of sp³-hybridized carbons (Fsp3) is 0.529. The number of anilines is 1. The van der Waals surface area contributed by atoms with Gasteiger partial charge in [-0.15, -0.1) is 0 Å². The molecule has 142 valence electrons. The Bertz CT molecular complexity index is 672. The van der Waals surface area contributed by atoms with Gasteiger partial charge in [-0.1, -0.05) is 11.6 Å². The summed E-state index contributed by atoms with van der Waals surface area (Å²) in [5.74, 6) is -1.39. The van der Waals surface area contributed by atoms with Gasteiger partial charge < -0.3 is 20.7 Å². The summed E-state index contributed by atoms with van der Waals surface area (Å²) in [6.07, 6.45) is 3.01. The van der Waals surface area contributed by atoms with E-state index in [0.717, 1.165) is 6.42 Å². The first kappa shape index (κ1) is 20.0. The van der Waals surface area contributed by atoms with Crippen LogP contribution in [0.2, 0.25) is 5.02 Å². The minimum absolute atomic E-state index is 0.226. The summed E-state index contributed by atoms with van der Waals surface area (Å²) in [4.78, 5) is 39.9. The summed E-state index contributed by atoms with van der Waals surface area (Å²) in [5, 5.41) is 8.23. The number of carbonyl (C=O) groups excluding carboxylic acids is 3. The van der Waals surface area contributed by atoms with Crippen LogP contribution >= 0.6 is 11.6 Å². The molecule has 0 spiro atoms. The molecule has 0 saturated heterocycles. The summed E-state index contributed by atoms with van der Waals surface area (Å²) in [5.41, 5.74) is -0.604. The maximum Gasteiger partial charge on any atom is 0.407 e. The number of amides is 3. The number of halogens is 1. The van der Waals surface area contributed by atoms with Crippen LogP contribution in [0.3, 0.4) is 0 Å². The van der Waals surface area contributed by atoms with Crippen LogP contribution in [0.25, 0.3) is 0 Å². The zero-order chi connectivity index (χ0) is 19.3. The van der Waals surface area contributed by atoms with Crippen molar-refractivity contribution in [2.75, 3.05) is 5.32 Å². The molecule has 1 heterocycles. The van der Waals surface area contributed by atoms with Gasteiger partial charge in [0.2, 0.25) is 0 Å². The highest BCUT2D eigenvalue weighted by atomic mass is 35.5. The standard InChI is InChI=1S/C17H23ClN4O4/c1-17(2,3)26-16(25)21-12-6-4-5-11(12)20-14(23)15(24)22-13-8-7-10(18)9-19-13/h7-9,11-12H,4-6H2,1-3H3,(H,20,23)(H,21,25)(H,19,22,24). The molecule has 26 heavy (non-hydrogen) atoms. The molecule has 2 unspecified atom stereocenters. The average molecular weight is 383 g/mol. The maximum atomic E-state index is 12.1. The van der Waals surface area contributed by atoms with Crippen molar-refractivity contribution < 1.29 is 19.1 Å². The lowest BCUT2D eigenvalue weighted by Gasteiger charge is -2.25. The van der Waals surface area contributed by atoms with Gasteiger partial charge in [-0.25, -0.2) is 9.78 Å². The molecule has 1 aromatic heterocycles. The van der Waals surface area contributed by atoms with E-state index in [1.807, 2.05) is 0 Å². The van der Waals surface area contributed by atoms with Gasteiger partial charge in [-0.05, 0) is 52.2 Å². The lowest BCUT2D eigenvalue weighted by atomic mass is 10.1. The van der Waals surface area contributed by atoms with Crippen LogP contribution in [0.15, 0.2) is 18.3 Å². The van der Waals surface area contributed by atoms with Gasteiger partial charge in [0.05, 0.1) is 11.1 Å². The minimum atomic E-state index is -0.831. The SMILES string of the molecule is CC(C)(C)OC(=O)NC1CCCC1NC(=O)C(=O)Nc1ccc(Cl)cn1. The van der Waals surface area contributed by atoms with Gasteiger partial charge in [0, 0.05) is 12.2 Å². The second-order valence-electron chi connectivity index (χ2n) is 7.08. The first-order valence-corrected chi connectivity index (χ1v) is 8.75. The van der Waals surface area contributed by atoms with Gasteiger partial charge in [-0.3, -0.25) is 9.59 Å². The second kappa shape index (κ2) is 8.35. The molecule has 0 aliphatic heterocycles. The number of alkyl carbamates (subject to hydrolysis) is 1. The Morgan fingerprint density at radius 1 is 1.12 bits per heavy atom. The van der Waals surface area contributed by atoms with Crippen molar-refractivity contribution >= 4 is 35.3 Å². The monoisotopic (exact) mass is 382 g/mol. The van der Waals surface area contributed by atoms with Crippen LogP contribution < -0.4 is 16.0 Å². The Balaban J connectivity index is 1.87. The van der Waals surface area contributed by atoms with Crippen molar-refractivity contribution in [2.45, 2.75) is 57.7 Å². The Morgan fingerprint density at radius 3 is 2.35 bits per heavy atom. The molecule has 0 radical (unpaired) electrons. The minimum Gasteiger partial charge on any atom is -0.444 e. The predicted octanol–water partition coefficient (Wildman–Crippen LogP) is 2.24. The molecule has 9 heteroatoms. The number of nitrogens with one attached hydrogen (secondary N) is 3. The Hall–Kier alpha value is -2.35. The molecule has 2 rings (SSSR count). The fourth-order valence-electron chi connectivity index (χ4n) is 2.62. The highest BCUT2D eigenvalue weighted by Crippen LogP contribution is 2.20. The Labute approximate surface area is 157 Å². The molecule has 3 N–H and O–H groups in total. The van der Waals surface area contributed by atoms with Crippen molar-refractivity contribution in [2.24, 2.45) is 0 Å². The largest absolute Gasteiger partial charge is 0.444 e. The maximum absolute atomic E-state index is 12.1. The van der Waals surface area contributed by atoms with Crippen LogP contribution in [0, 0.1) is 0 Å². The molecule has 1 saturated carbocycles. The first-order chi connectivity index (χ1) is 12.1. The molecule has 1 fully saturated rings. The molecule has 0 bridgehead atoms. The van der Waals surface area contributed by atoms with E-state index in [2.05, 4.69) is 20.9 Å². The topological polar surface area (TPSA) is 109 Å². The lowest BCUT2D eigenvalue weighted by molar-refractivity contribution is -0.136. The normalized spacial score (nSPS) is 19.5. The number of rotatable bonds is 3. The predicted molar refractivity (Wildman–Crippen MR) is 96.8 cm³/mol. The third-order valence-corrected chi connectivity index (χ3v) is 3.93. The van der Waals surface area contributed by atoms with Gasteiger partial charge in [0.15, 0.2) is 0 Å². The van der Waals surface area contributed by atoms with Crippen molar-refractivity contribution in [3.05, 3.63) is 23.4 Å². The van der Waals surface area contributed by atoms with E-state index in [9.17, 15) is 14.4 Å². The number of hydrogen-bond donors (Lipinski definition) is 3. The number of ether oxygens (including phenoxy) is 1. The third kappa shape index (κ3) is 6.18. The van der Waals surface area contributed by atoms with Crippen molar-refractivity contribution in [3.8, 4) is 0 Å². The van der Waals surface area contributed by atoms with Crippen LogP contribution in [0.5, 0.6) is 0 Å². The van der Waals surface area contributed by atoms with E-state index >= 15 is 0 Å². The van der Waals surface area contributed by atoms with Gasteiger partial charge in [-0.2, -0.15) is 0 Å². The van der Waals surface area contributed by atoms with E-state index in [1.54, 1.807) is 26.8 Å². The van der Waals surface area contributed by atoms with Gasteiger partial charge in [0.1, 0.15) is 11.4 Å². The highest BCUT2D eigenvalue weighted by molar-refractivity contribution is 6.39. The molecular formula is C17H23ClN4O4. The van der Waals surface area contributed by atoms with Crippen molar-refractivity contribution in [1.82, 2.24) is 15.6 Å². The number of carbonyl (C=O) groups is 3. The number of hydrogen-bond acceptors (Lipinski definition) is 5. The number of pyridine rings is 1. The molecule has 3 amide bonds. The van der Waals surface area contributed by atoms with Gasteiger partial charge in [0.25, 0.3) is 0 Å². The molecule has 1 aliphatic carbocycles. The lowest BCUT2D eigenvalue weighted by Crippen LogP contribution is -2.51. The first-order valence-electron chi connectivity index (χ1n) is 8.37. The van der Waals surface area contributed by atoms with E-state index in [-0.39, 0.29) is 17.9 Å². The summed E-state index contributed by atoms with van der Waals surface area (Å²) >= 11 is 5.72. The van der Waals surface area contributed by atoms with Crippen molar-refractivity contribution in [3.63, 3.8) is 0 Å². The molecule has 8 nitrogen and oxygen atoms in total. The summed E-state index contributed by atoms with van der Waals surface area (Å²) in [6.45, 7) is 5.32. The van der Waals surface area contributed by atoms with E-state index in [4.69, 9.17) is 16.3 Å². The van der Waals surface area contributed by atoms with E-state index < -0.39 is 23.5 Å². The van der Waals surface area contributed by atoms with Crippen molar-refractivity contribution in [1.29, 1.82) is 0 Å². The van der Waals surface area contributed by atoms with Gasteiger partial charge >= 0.3 is 17.9 Å². The Kier molecular flexibility index (Phi) is 6.42. The molecule has 2 atom stereocenters. The van der Waals surface area contributed by atoms with Crippen LogP contribution in [-0.4, -0.2) is 40.6 Å². The van der Waals surface area contributed by atoms with Crippen LogP contribution in [0.4, 0.5) is 10.6 Å². The molecule has 1 aromatic rings. The third-order valence-electron chi connectivity index (χ3n) is 3.71. The summed E-state index contributed by atoms with van der Waals surface area (Å²) < 4.78 is 5.23. The van der Waals surface area contributed by atoms with Crippen LogP contribution in [-0.2, 0) is 14.3 Å².